The summed E-state index contributed by atoms with van der Waals surface area (Å²) in [5.74, 6) is 1.72. The van der Waals surface area contributed by atoms with Crippen LogP contribution in [0.2, 0.25) is 0 Å². The molecule has 2 aromatic heterocycles. The summed E-state index contributed by atoms with van der Waals surface area (Å²) in [6.45, 7) is 7.77. The molecular formula is C18H20N6O. The third-order valence-corrected chi connectivity index (χ3v) is 4.74. The average Bonchev–Trinajstić information content (AvgIpc) is 3.18. The summed E-state index contributed by atoms with van der Waals surface area (Å²) in [5.41, 5.74) is 3.62. The Morgan fingerprint density at radius 3 is 2.56 bits per heavy atom. The molecule has 1 amide bonds. The number of rotatable bonds is 2. The Morgan fingerprint density at radius 2 is 1.80 bits per heavy atom. The largest absolute Gasteiger partial charge is 0.329 e. The molecule has 128 valence electrons. The zero-order valence-corrected chi connectivity index (χ0v) is 14.6. The van der Waals surface area contributed by atoms with Crippen molar-refractivity contribution in [2.24, 2.45) is 0 Å². The van der Waals surface area contributed by atoms with Gasteiger partial charge in [-0.2, -0.15) is 5.10 Å². The third kappa shape index (κ3) is 2.61. The molecule has 1 aromatic carbocycles. The minimum absolute atomic E-state index is 0.0113. The molecule has 3 aromatic rings. The summed E-state index contributed by atoms with van der Waals surface area (Å²) in [6, 6.07) is 8.10. The number of hydrogen-bond acceptors (Lipinski definition) is 4. The zero-order chi connectivity index (χ0) is 17.6. The first-order chi connectivity index (χ1) is 12.0. The molecule has 0 aliphatic carbocycles. The van der Waals surface area contributed by atoms with Gasteiger partial charge in [-0.1, -0.05) is 17.7 Å². The Bertz CT molecular complexity index is 937. The maximum atomic E-state index is 13.0. The molecule has 7 heteroatoms. The van der Waals surface area contributed by atoms with Crippen LogP contribution in [0.4, 0.5) is 0 Å². The molecule has 4 rings (SSSR count). The van der Waals surface area contributed by atoms with Gasteiger partial charge < -0.3 is 9.47 Å². The Kier molecular flexibility index (Phi) is 3.63. The monoisotopic (exact) mass is 336 g/mol. The molecule has 0 unspecified atom stereocenters. The van der Waals surface area contributed by atoms with Gasteiger partial charge in [0, 0.05) is 13.1 Å². The van der Waals surface area contributed by atoms with Crippen molar-refractivity contribution in [2.75, 3.05) is 6.54 Å². The highest BCUT2D eigenvalue weighted by Crippen LogP contribution is 2.19. The van der Waals surface area contributed by atoms with Crippen molar-refractivity contribution in [1.29, 1.82) is 0 Å². The van der Waals surface area contributed by atoms with Crippen LogP contribution in [0.15, 0.2) is 30.5 Å². The topological polar surface area (TPSA) is 68.8 Å². The van der Waals surface area contributed by atoms with Crippen LogP contribution in [0.25, 0.3) is 5.69 Å². The van der Waals surface area contributed by atoms with E-state index in [1.807, 2.05) is 54.6 Å². The van der Waals surface area contributed by atoms with Crippen LogP contribution in [0, 0.1) is 20.8 Å². The number of benzene rings is 1. The van der Waals surface area contributed by atoms with Gasteiger partial charge in [-0.15, -0.1) is 10.2 Å². The quantitative estimate of drug-likeness (QED) is 0.718. The summed E-state index contributed by atoms with van der Waals surface area (Å²) in [4.78, 5) is 14.8. The van der Waals surface area contributed by atoms with Gasteiger partial charge in [-0.3, -0.25) is 4.79 Å². The lowest BCUT2D eigenvalue weighted by molar-refractivity contribution is 0.0706. The van der Waals surface area contributed by atoms with Crippen LogP contribution >= 0.6 is 0 Å². The van der Waals surface area contributed by atoms with Gasteiger partial charge in [0.1, 0.15) is 5.82 Å². The number of carbonyl (C=O) groups is 1. The molecule has 0 bridgehead atoms. The summed E-state index contributed by atoms with van der Waals surface area (Å²) in [5, 5.41) is 12.7. The van der Waals surface area contributed by atoms with E-state index in [-0.39, 0.29) is 5.91 Å². The van der Waals surface area contributed by atoms with Crippen LogP contribution in [-0.4, -0.2) is 41.9 Å². The number of nitrogens with zero attached hydrogens (tertiary/aromatic N) is 6. The van der Waals surface area contributed by atoms with Crippen molar-refractivity contribution in [3.8, 4) is 5.69 Å². The lowest BCUT2D eigenvalue weighted by Crippen LogP contribution is -2.38. The normalized spacial score (nSPS) is 13.8. The fourth-order valence-corrected chi connectivity index (χ4v) is 3.21. The summed E-state index contributed by atoms with van der Waals surface area (Å²) < 4.78 is 3.87. The lowest BCUT2D eigenvalue weighted by atomic mass is 10.2. The Morgan fingerprint density at radius 1 is 1.04 bits per heavy atom. The van der Waals surface area contributed by atoms with E-state index in [0.717, 1.165) is 29.6 Å². The van der Waals surface area contributed by atoms with Crippen LogP contribution in [0.5, 0.6) is 0 Å². The number of fused-ring (bicyclic) bond motifs is 1. The van der Waals surface area contributed by atoms with Gasteiger partial charge in [0.05, 0.1) is 29.7 Å². The van der Waals surface area contributed by atoms with Crippen molar-refractivity contribution in [1.82, 2.24) is 29.4 Å². The molecule has 0 saturated carbocycles. The van der Waals surface area contributed by atoms with E-state index in [4.69, 9.17) is 0 Å². The summed E-state index contributed by atoms with van der Waals surface area (Å²) in [6.07, 6.45) is 1.65. The number of aromatic nitrogens is 5. The van der Waals surface area contributed by atoms with E-state index in [1.165, 1.54) is 5.56 Å². The summed E-state index contributed by atoms with van der Waals surface area (Å²) >= 11 is 0. The fourth-order valence-electron chi connectivity index (χ4n) is 3.21. The van der Waals surface area contributed by atoms with Gasteiger partial charge in [0.25, 0.3) is 5.91 Å². The second kappa shape index (κ2) is 5.84. The molecule has 0 spiro atoms. The van der Waals surface area contributed by atoms with Crippen LogP contribution in [-0.2, 0) is 13.1 Å². The van der Waals surface area contributed by atoms with Crippen molar-refractivity contribution in [3.05, 3.63) is 58.9 Å². The van der Waals surface area contributed by atoms with Gasteiger partial charge in [-0.05, 0) is 32.9 Å². The van der Waals surface area contributed by atoms with Gasteiger partial charge in [0.15, 0.2) is 5.82 Å². The smallest absolute Gasteiger partial charge is 0.257 e. The molecule has 0 radical (unpaired) electrons. The van der Waals surface area contributed by atoms with Crippen molar-refractivity contribution < 1.29 is 4.79 Å². The summed E-state index contributed by atoms with van der Waals surface area (Å²) in [7, 11) is 0. The maximum Gasteiger partial charge on any atom is 0.257 e. The van der Waals surface area contributed by atoms with Crippen molar-refractivity contribution >= 4 is 5.91 Å². The molecule has 1 aliphatic heterocycles. The standard InChI is InChI=1S/C18H20N6O/c1-12-4-6-15(7-5-12)24-13(2)16(10-19-24)18(25)22-8-9-23-14(3)20-21-17(23)11-22/h4-7,10H,8-9,11H2,1-3H3. The lowest BCUT2D eigenvalue weighted by Gasteiger charge is -2.27. The molecule has 0 fully saturated rings. The number of amides is 1. The minimum Gasteiger partial charge on any atom is -0.329 e. The van der Waals surface area contributed by atoms with Gasteiger partial charge in [0.2, 0.25) is 0 Å². The molecule has 7 nitrogen and oxygen atoms in total. The molecule has 0 N–H and O–H groups in total. The molecule has 1 aliphatic rings. The first-order valence-electron chi connectivity index (χ1n) is 8.34. The second-order valence-electron chi connectivity index (χ2n) is 6.43. The van der Waals surface area contributed by atoms with E-state index in [2.05, 4.69) is 19.9 Å². The predicted molar refractivity (Wildman–Crippen MR) is 92.5 cm³/mol. The second-order valence-corrected chi connectivity index (χ2v) is 6.43. The predicted octanol–water partition coefficient (Wildman–Crippen LogP) is 2.05. The van der Waals surface area contributed by atoms with Crippen LogP contribution < -0.4 is 0 Å². The Balaban J connectivity index is 1.60. The molecule has 25 heavy (non-hydrogen) atoms. The van der Waals surface area contributed by atoms with E-state index in [9.17, 15) is 4.79 Å². The number of carbonyl (C=O) groups excluding carboxylic acids is 1. The Labute approximate surface area is 145 Å². The fraction of sp³-hybridized carbons (Fsp3) is 0.333. The SMILES string of the molecule is Cc1ccc(-n2ncc(C(=O)N3CCn4c(C)nnc4C3)c2C)cc1. The van der Waals surface area contributed by atoms with Gasteiger partial charge >= 0.3 is 0 Å². The first kappa shape index (κ1) is 15.6. The van der Waals surface area contributed by atoms with Crippen LogP contribution in [0.3, 0.4) is 0 Å². The highest BCUT2D eigenvalue weighted by atomic mass is 16.2. The molecule has 3 heterocycles. The Hall–Kier alpha value is -2.96. The molecule has 0 saturated heterocycles. The average molecular weight is 336 g/mol. The number of aryl methyl sites for hydroxylation is 2. The van der Waals surface area contributed by atoms with Crippen LogP contribution in [0.1, 0.15) is 33.3 Å². The first-order valence-corrected chi connectivity index (χ1v) is 8.34. The van der Waals surface area contributed by atoms with E-state index >= 15 is 0 Å². The maximum absolute atomic E-state index is 13.0. The van der Waals surface area contributed by atoms with Crippen molar-refractivity contribution in [2.45, 2.75) is 33.9 Å². The van der Waals surface area contributed by atoms with Gasteiger partial charge in [-0.25, -0.2) is 4.68 Å². The third-order valence-electron chi connectivity index (χ3n) is 4.74. The van der Waals surface area contributed by atoms with E-state index in [1.54, 1.807) is 6.20 Å². The van der Waals surface area contributed by atoms with E-state index < -0.39 is 0 Å². The minimum atomic E-state index is -0.0113. The number of hydrogen-bond donors (Lipinski definition) is 0. The highest BCUT2D eigenvalue weighted by molar-refractivity contribution is 5.95. The molecule has 0 atom stereocenters. The zero-order valence-electron chi connectivity index (χ0n) is 14.6. The molecular weight excluding hydrogens is 316 g/mol. The van der Waals surface area contributed by atoms with Crippen molar-refractivity contribution in [3.63, 3.8) is 0 Å². The highest BCUT2D eigenvalue weighted by Gasteiger charge is 2.26. The van der Waals surface area contributed by atoms with E-state index in [0.29, 0.717) is 18.7 Å².